The van der Waals surface area contributed by atoms with Gasteiger partial charge in [-0.15, -0.1) is 0 Å². The van der Waals surface area contributed by atoms with Gasteiger partial charge in [0.2, 0.25) is 5.91 Å². The maximum atomic E-state index is 11.6. The Balaban J connectivity index is 2.35. The molecular weight excluding hydrogens is 230 g/mol. The van der Waals surface area contributed by atoms with Crippen LogP contribution >= 0.6 is 0 Å². The van der Waals surface area contributed by atoms with Crippen LogP contribution in [0.15, 0.2) is 18.3 Å². The average molecular weight is 251 g/mol. The van der Waals surface area contributed by atoms with Gasteiger partial charge >= 0.3 is 0 Å². The van der Waals surface area contributed by atoms with Crippen molar-refractivity contribution in [2.24, 2.45) is 0 Å². The molecule has 0 spiro atoms. The lowest BCUT2D eigenvalue weighted by Crippen LogP contribution is -2.13. The topological polar surface area (TPSA) is 54.5 Å². The first-order chi connectivity index (χ1) is 8.63. The summed E-state index contributed by atoms with van der Waals surface area (Å²) < 4.78 is 4.93. The molecule has 0 aliphatic carbocycles. The standard InChI is InChI=1S/C13H21N3O2/c1-16(2)12-8-7-11(10-14-12)15-13(17)6-4-5-9-18-3/h7-8,10H,4-6,9H2,1-3H3,(H,15,17). The van der Waals surface area contributed by atoms with Gasteiger partial charge in [-0.2, -0.15) is 0 Å². The van der Waals surface area contributed by atoms with Gasteiger partial charge in [-0.3, -0.25) is 4.79 Å². The summed E-state index contributed by atoms with van der Waals surface area (Å²) in [6, 6.07) is 3.73. The van der Waals surface area contributed by atoms with Crippen LogP contribution in [-0.2, 0) is 9.53 Å². The highest BCUT2D eigenvalue weighted by Gasteiger charge is 2.03. The van der Waals surface area contributed by atoms with Gasteiger partial charge in [-0.05, 0) is 25.0 Å². The highest BCUT2D eigenvalue weighted by atomic mass is 16.5. The van der Waals surface area contributed by atoms with Crippen LogP contribution in [0.5, 0.6) is 0 Å². The lowest BCUT2D eigenvalue weighted by Gasteiger charge is -2.11. The van der Waals surface area contributed by atoms with Gasteiger partial charge in [-0.1, -0.05) is 0 Å². The first-order valence-electron chi connectivity index (χ1n) is 6.05. The predicted molar refractivity (Wildman–Crippen MR) is 72.9 cm³/mol. The Morgan fingerprint density at radius 3 is 2.72 bits per heavy atom. The monoisotopic (exact) mass is 251 g/mol. The number of amides is 1. The Hall–Kier alpha value is -1.62. The number of nitrogens with zero attached hydrogens (tertiary/aromatic N) is 2. The van der Waals surface area contributed by atoms with Gasteiger partial charge in [0.25, 0.3) is 0 Å². The second kappa shape index (κ2) is 7.66. The molecule has 5 nitrogen and oxygen atoms in total. The van der Waals surface area contributed by atoms with Gasteiger partial charge < -0.3 is 15.0 Å². The number of carbonyl (C=O) groups excluding carboxylic acids is 1. The Bertz CT molecular complexity index is 363. The van der Waals surface area contributed by atoms with Crippen molar-refractivity contribution in [3.05, 3.63) is 18.3 Å². The van der Waals surface area contributed by atoms with E-state index in [0.29, 0.717) is 13.0 Å². The first-order valence-corrected chi connectivity index (χ1v) is 6.05. The lowest BCUT2D eigenvalue weighted by molar-refractivity contribution is -0.116. The molecule has 1 rings (SSSR count). The molecule has 1 aromatic heterocycles. The maximum Gasteiger partial charge on any atom is 0.224 e. The zero-order valence-electron chi connectivity index (χ0n) is 11.3. The van der Waals surface area contributed by atoms with E-state index in [1.165, 1.54) is 0 Å². The molecule has 18 heavy (non-hydrogen) atoms. The SMILES string of the molecule is COCCCCC(=O)Nc1ccc(N(C)C)nc1. The van der Waals surface area contributed by atoms with Crippen molar-refractivity contribution < 1.29 is 9.53 Å². The van der Waals surface area contributed by atoms with E-state index in [2.05, 4.69) is 10.3 Å². The Labute approximate surface area is 108 Å². The zero-order chi connectivity index (χ0) is 13.4. The molecule has 1 N–H and O–H groups in total. The van der Waals surface area contributed by atoms with Crippen molar-refractivity contribution in [1.82, 2.24) is 4.98 Å². The molecule has 0 aliphatic rings. The van der Waals surface area contributed by atoms with Crippen LogP contribution in [0.25, 0.3) is 0 Å². The fraction of sp³-hybridized carbons (Fsp3) is 0.538. The molecule has 0 bridgehead atoms. The quantitative estimate of drug-likeness (QED) is 0.752. The van der Waals surface area contributed by atoms with E-state index in [-0.39, 0.29) is 5.91 Å². The first kappa shape index (κ1) is 14.4. The summed E-state index contributed by atoms with van der Waals surface area (Å²) in [7, 11) is 5.52. The average Bonchev–Trinajstić information content (AvgIpc) is 2.35. The van der Waals surface area contributed by atoms with E-state index in [0.717, 1.165) is 24.3 Å². The maximum absolute atomic E-state index is 11.6. The van der Waals surface area contributed by atoms with Crippen LogP contribution in [-0.4, -0.2) is 38.7 Å². The van der Waals surface area contributed by atoms with Crippen molar-refractivity contribution in [1.29, 1.82) is 0 Å². The van der Waals surface area contributed by atoms with Crippen molar-refractivity contribution in [2.75, 3.05) is 38.0 Å². The van der Waals surface area contributed by atoms with Crippen molar-refractivity contribution in [3.63, 3.8) is 0 Å². The third-order valence-electron chi connectivity index (χ3n) is 2.49. The molecule has 1 amide bonds. The third-order valence-corrected chi connectivity index (χ3v) is 2.49. The molecule has 0 unspecified atom stereocenters. The number of nitrogens with one attached hydrogen (secondary N) is 1. The minimum absolute atomic E-state index is 0.0190. The number of hydrogen-bond acceptors (Lipinski definition) is 4. The predicted octanol–water partition coefficient (Wildman–Crippen LogP) is 1.90. The Kier molecular flexibility index (Phi) is 6.14. The summed E-state index contributed by atoms with van der Waals surface area (Å²) in [5.41, 5.74) is 0.734. The lowest BCUT2D eigenvalue weighted by atomic mass is 10.2. The summed E-state index contributed by atoms with van der Waals surface area (Å²) in [6.07, 6.45) is 3.92. The molecule has 0 saturated heterocycles. The van der Waals surface area contributed by atoms with Crippen LogP contribution < -0.4 is 10.2 Å². The van der Waals surface area contributed by atoms with E-state index in [1.54, 1.807) is 13.3 Å². The summed E-state index contributed by atoms with van der Waals surface area (Å²) >= 11 is 0. The van der Waals surface area contributed by atoms with Gasteiger partial charge in [0.1, 0.15) is 5.82 Å². The summed E-state index contributed by atoms with van der Waals surface area (Å²) in [5, 5.41) is 2.82. The zero-order valence-corrected chi connectivity index (χ0v) is 11.3. The second-order valence-corrected chi connectivity index (χ2v) is 4.30. The number of pyridine rings is 1. The Morgan fingerprint density at radius 1 is 1.39 bits per heavy atom. The molecule has 0 fully saturated rings. The van der Waals surface area contributed by atoms with Gasteiger partial charge in [0.05, 0.1) is 11.9 Å². The molecule has 100 valence electrons. The smallest absolute Gasteiger partial charge is 0.224 e. The number of unbranched alkanes of at least 4 members (excludes halogenated alkanes) is 1. The number of ether oxygens (including phenoxy) is 1. The number of carbonyl (C=O) groups is 1. The largest absolute Gasteiger partial charge is 0.385 e. The van der Waals surface area contributed by atoms with Gasteiger partial charge in [0.15, 0.2) is 0 Å². The fourth-order valence-electron chi connectivity index (χ4n) is 1.48. The molecule has 0 radical (unpaired) electrons. The van der Waals surface area contributed by atoms with E-state index < -0.39 is 0 Å². The number of aromatic nitrogens is 1. The number of anilines is 2. The summed E-state index contributed by atoms with van der Waals surface area (Å²) in [4.78, 5) is 17.7. The normalized spacial score (nSPS) is 10.2. The molecule has 0 saturated carbocycles. The van der Waals surface area contributed by atoms with Gasteiger partial charge in [0, 0.05) is 34.2 Å². The molecule has 5 heteroatoms. The van der Waals surface area contributed by atoms with Crippen LogP contribution in [0.3, 0.4) is 0 Å². The minimum atomic E-state index is 0.0190. The number of methoxy groups -OCH3 is 1. The van der Waals surface area contributed by atoms with Gasteiger partial charge in [-0.25, -0.2) is 4.98 Å². The number of rotatable bonds is 7. The summed E-state index contributed by atoms with van der Waals surface area (Å²) in [5.74, 6) is 0.888. The van der Waals surface area contributed by atoms with Crippen LogP contribution in [0.1, 0.15) is 19.3 Å². The second-order valence-electron chi connectivity index (χ2n) is 4.30. The molecule has 1 aromatic rings. The Morgan fingerprint density at radius 2 is 2.17 bits per heavy atom. The minimum Gasteiger partial charge on any atom is -0.385 e. The van der Waals surface area contributed by atoms with E-state index in [9.17, 15) is 4.79 Å². The van der Waals surface area contributed by atoms with E-state index in [1.807, 2.05) is 31.1 Å². The molecule has 0 atom stereocenters. The van der Waals surface area contributed by atoms with Crippen LogP contribution in [0, 0.1) is 0 Å². The molecular formula is C13H21N3O2. The molecule has 0 aromatic carbocycles. The summed E-state index contributed by atoms with van der Waals surface area (Å²) in [6.45, 7) is 0.701. The van der Waals surface area contributed by atoms with E-state index in [4.69, 9.17) is 4.74 Å². The van der Waals surface area contributed by atoms with Crippen LogP contribution in [0.2, 0.25) is 0 Å². The highest BCUT2D eigenvalue weighted by Crippen LogP contribution is 2.12. The van der Waals surface area contributed by atoms with Crippen molar-refractivity contribution in [3.8, 4) is 0 Å². The van der Waals surface area contributed by atoms with Crippen molar-refractivity contribution >= 4 is 17.4 Å². The molecule has 0 aliphatic heterocycles. The molecule has 1 heterocycles. The van der Waals surface area contributed by atoms with Crippen molar-refractivity contribution in [2.45, 2.75) is 19.3 Å². The third kappa shape index (κ3) is 5.14. The highest BCUT2D eigenvalue weighted by molar-refractivity contribution is 5.90. The van der Waals surface area contributed by atoms with E-state index >= 15 is 0 Å². The van der Waals surface area contributed by atoms with Crippen LogP contribution in [0.4, 0.5) is 11.5 Å². The fourth-order valence-corrected chi connectivity index (χ4v) is 1.48. The number of hydrogen-bond donors (Lipinski definition) is 1.